The van der Waals surface area contributed by atoms with Gasteiger partial charge in [-0.15, -0.1) is 6.42 Å². The van der Waals surface area contributed by atoms with Gasteiger partial charge in [-0.25, -0.2) is 0 Å². The maximum absolute atomic E-state index is 11.9. The van der Waals surface area contributed by atoms with Gasteiger partial charge in [0.05, 0.1) is 17.9 Å². The monoisotopic (exact) mass is 249 g/mol. The van der Waals surface area contributed by atoms with Crippen LogP contribution in [0, 0.1) is 12.3 Å². The number of furan rings is 1. The molecular formula is C13H15NO4. The number of terminal acetylenes is 1. The van der Waals surface area contributed by atoms with Gasteiger partial charge in [0.15, 0.2) is 0 Å². The van der Waals surface area contributed by atoms with Gasteiger partial charge in [-0.05, 0) is 12.5 Å². The summed E-state index contributed by atoms with van der Waals surface area (Å²) in [5.41, 5.74) is 0.216. The van der Waals surface area contributed by atoms with Gasteiger partial charge in [0.1, 0.15) is 12.2 Å². The van der Waals surface area contributed by atoms with E-state index < -0.39 is 11.9 Å². The fourth-order valence-electron chi connectivity index (χ4n) is 1.54. The number of nitrogens with one attached hydrogen (secondary N) is 1. The maximum Gasteiger partial charge on any atom is 0.311 e. The van der Waals surface area contributed by atoms with Gasteiger partial charge in [-0.1, -0.05) is 19.3 Å². The molecule has 2 N–H and O–H groups in total. The molecule has 1 amide bonds. The molecule has 0 radical (unpaired) electrons. The summed E-state index contributed by atoms with van der Waals surface area (Å²) in [6, 6.07) is 1.09. The summed E-state index contributed by atoms with van der Waals surface area (Å²) in [6.07, 6.45) is 7.78. The van der Waals surface area contributed by atoms with Crippen LogP contribution >= 0.6 is 0 Å². The van der Waals surface area contributed by atoms with E-state index in [2.05, 4.69) is 11.2 Å². The molecule has 96 valence electrons. The first-order valence-electron chi connectivity index (χ1n) is 5.63. The second-order valence-electron chi connectivity index (χ2n) is 3.81. The molecule has 1 atom stereocenters. The van der Waals surface area contributed by atoms with E-state index in [1.807, 2.05) is 6.92 Å². The molecule has 0 fully saturated rings. The predicted molar refractivity (Wildman–Crippen MR) is 65.0 cm³/mol. The summed E-state index contributed by atoms with van der Waals surface area (Å²) in [6.45, 7) is 1.96. The molecule has 0 aliphatic carbocycles. The Morgan fingerprint density at radius 3 is 2.89 bits per heavy atom. The molecule has 1 unspecified atom stereocenters. The highest BCUT2D eigenvalue weighted by molar-refractivity contribution is 5.96. The van der Waals surface area contributed by atoms with E-state index in [1.54, 1.807) is 0 Å². The van der Waals surface area contributed by atoms with E-state index in [1.165, 1.54) is 12.3 Å². The molecule has 0 spiro atoms. The minimum atomic E-state index is -1.05. The number of hydrogen-bond donors (Lipinski definition) is 2. The quantitative estimate of drug-likeness (QED) is 0.747. The number of carbonyl (C=O) groups excluding carboxylic acids is 1. The van der Waals surface area contributed by atoms with Crippen LogP contribution in [0.5, 0.6) is 0 Å². The Balaban J connectivity index is 2.75. The number of carboxylic acid groups (broad SMARTS) is 1. The average molecular weight is 249 g/mol. The molecule has 5 nitrogen and oxygen atoms in total. The lowest BCUT2D eigenvalue weighted by Crippen LogP contribution is -2.34. The molecule has 1 heterocycles. The van der Waals surface area contributed by atoms with Crippen LogP contribution in [0.2, 0.25) is 0 Å². The molecular weight excluding hydrogens is 234 g/mol. The third-order valence-corrected chi connectivity index (χ3v) is 2.39. The molecule has 1 rings (SSSR count). The summed E-state index contributed by atoms with van der Waals surface area (Å²) >= 11 is 0. The Morgan fingerprint density at radius 1 is 1.61 bits per heavy atom. The smallest absolute Gasteiger partial charge is 0.311 e. The largest absolute Gasteiger partial charge is 0.481 e. The van der Waals surface area contributed by atoms with Crippen LogP contribution in [0.1, 0.15) is 35.9 Å². The molecule has 0 bridgehead atoms. The van der Waals surface area contributed by atoms with Crippen molar-refractivity contribution < 1.29 is 19.1 Å². The van der Waals surface area contributed by atoms with Crippen LogP contribution in [0.25, 0.3) is 0 Å². The second kappa shape index (κ2) is 6.50. The molecule has 0 aromatic carbocycles. The SMILES string of the molecule is C#CC(CCC)NC(=O)c1ccoc1CC(=O)O. The average Bonchev–Trinajstić information content (AvgIpc) is 2.75. The van der Waals surface area contributed by atoms with Crippen LogP contribution < -0.4 is 5.32 Å². The second-order valence-corrected chi connectivity index (χ2v) is 3.81. The maximum atomic E-state index is 11.9. The Hall–Kier alpha value is -2.22. The van der Waals surface area contributed by atoms with Gasteiger partial charge in [0.2, 0.25) is 0 Å². The fraction of sp³-hybridized carbons (Fsp3) is 0.385. The fourth-order valence-corrected chi connectivity index (χ4v) is 1.54. The van der Waals surface area contributed by atoms with Gasteiger partial charge >= 0.3 is 5.97 Å². The standard InChI is InChI=1S/C13H15NO4/c1-3-5-9(4-2)14-13(17)10-6-7-18-11(10)8-12(15)16/h2,6-7,9H,3,5,8H2,1H3,(H,14,17)(H,15,16). The summed E-state index contributed by atoms with van der Waals surface area (Å²) in [4.78, 5) is 22.5. The van der Waals surface area contributed by atoms with Crippen molar-refractivity contribution in [2.24, 2.45) is 0 Å². The first-order chi connectivity index (χ1) is 8.58. The summed E-state index contributed by atoms with van der Waals surface area (Å²) in [7, 11) is 0. The molecule has 18 heavy (non-hydrogen) atoms. The number of hydrogen-bond acceptors (Lipinski definition) is 3. The number of aliphatic carboxylic acids is 1. The Bertz CT molecular complexity index is 470. The first-order valence-corrected chi connectivity index (χ1v) is 5.63. The van der Waals surface area contributed by atoms with E-state index in [9.17, 15) is 9.59 Å². The highest BCUT2D eigenvalue weighted by atomic mass is 16.4. The number of amides is 1. The van der Waals surface area contributed by atoms with Crippen LogP contribution in [-0.2, 0) is 11.2 Å². The van der Waals surface area contributed by atoms with Crippen molar-refractivity contribution in [2.45, 2.75) is 32.2 Å². The molecule has 0 saturated heterocycles. The Kier molecular flexibility index (Phi) is 5.00. The highest BCUT2D eigenvalue weighted by Gasteiger charge is 2.18. The van der Waals surface area contributed by atoms with Crippen molar-refractivity contribution in [1.29, 1.82) is 0 Å². The van der Waals surface area contributed by atoms with Crippen LogP contribution in [0.4, 0.5) is 0 Å². The zero-order chi connectivity index (χ0) is 13.5. The van der Waals surface area contributed by atoms with Crippen molar-refractivity contribution >= 4 is 11.9 Å². The lowest BCUT2D eigenvalue weighted by molar-refractivity contribution is -0.136. The molecule has 1 aromatic rings. The van der Waals surface area contributed by atoms with E-state index in [0.29, 0.717) is 6.42 Å². The van der Waals surface area contributed by atoms with Gasteiger partial charge < -0.3 is 14.8 Å². The van der Waals surface area contributed by atoms with Crippen LogP contribution in [0.15, 0.2) is 16.7 Å². The number of rotatable bonds is 6. The van der Waals surface area contributed by atoms with Crippen molar-refractivity contribution in [3.05, 3.63) is 23.7 Å². The van der Waals surface area contributed by atoms with Crippen molar-refractivity contribution in [3.8, 4) is 12.3 Å². The van der Waals surface area contributed by atoms with E-state index in [4.69, 9.17) is 15.9 Å². The normalized spacial score (nSPS) is 11.6. The lowest BCUT2D eigenvalue weighted by Gasteiger charge is -2.11. The molecule has 0 saturated carbocycles. The van der Waals surface area contributed by atoms with E-state index in [0.717, 1.165) is 6.42 Å². The molecule has 1 aromatic heterocycles. The van der Waals surface area contributed by atoms with Gasteiger partial charge in [-0.3, -0.25) is 9.59 Å². The van der Waals surface area contributed by atoms with Gasteiger partial charge in [-0.2, -0.15) is 0 Å². The summed E-state index contributed by atoms with van der Waals surface area (Å²) < 4.78 is 4.98. The van der Waals surface area contributed by atoms with E-state index >= 15 is 0 Å². The predicted octanol–water partition coefficient (Wildman–Crippen LogP) is 1.44. The van der Waals surface area contributed by atoms with Crippen LogP contribution in [-0.4, -0.2) is 23.0 Å². The lowest BCUT2D eigenvalue weighted by atomic mass is 10.1. The van der Waals surface area contributed by atoms with Gasteiger partial charge in [0.25, 0.3) is 5.91 Å². The molecule has 0 aliphatic heterocycles. The van der Waals surface area contributed by atoms with E-state index in [-0.39, 0.29) is 23.8 Å². The van der Waals surface area contributed by atoms with Crippen LogP contribution in [0.3, 0.4) is 0 Å². The summed E-state index contributed by atoms with van der Waals surface area (Å²) in [5, 5.41) is 11.3. The minimum Gasteiger partial charge on any atom is -0.481 e. The summed E-state index contributed by atoms with van der Waals surface area (Å²) in [5.74, 6) is 1.15. The molecule has 5 heteroatoms. The van der Waals surface area contributed by atoms with Gasteiger partial charge in [0, 0.05) is 0 Å². The topological polar surface area (TPSA) is 79.5 Å². The Morgan fingerprint density at radius 2 is 2.33 bits per heavy atom. The highest BCUT2D eigenvalue weighted by Crippen LogP contribution is 2.12. The van der Waals surface area contributed by atoms with Crippen molar-refractivity contribution in [1.82, 2.24) is 5.32 Å². The third-order valence-electron chi connectivity index (χ3n) is 2.39. The third kappa shape index (κ3) is 3.67. The first kappa shape index (κ1) is 13.8. The number of carbonyl (C=O) groups is 2. The van der Waals surface area contributed by atoms with Crippen molar-refractivity contribution in [2.75, 3.05) is 0 Å². The molecule has 0 aliphatic rings. The minimum absolute atomic E-state index is 0.132. The zero-order valence-electron chi connectivity index (χ0n) is 10.1. The number of carboxylic acids is 1. The Labute approximate surface area is 105 Å². The van der Waals surface area contributed by atoms with Crippen molar-refractivity contribution in [3.63, 3.8) is 0 Å². The zero-order valence-corrected chi connectivity index (χ0v) is 10.1.